The largest absolute Gasteiger partial charge is 0.507 e. The van der Waals surface area contributed by atoms with E-state index in [1.807, 2.05) is 71.6 Å². The Balaban J connectivity index is 1.38. The van der Waals surface area contributed by atoms with Crippen molar-refractivity contribution in [3.05, 3.63) is 171 Å². The molecule has 262 valence electrons. The molecule has 0 radical (unpaired) electrons. The number of phenols is 4. The Labute approximate surface area is 301 Å². The van der Waals surface area contributed by atoms with Crippen molar-refractivity contribution in [2.45, 2.75) is 37.2 Å². The van der Waals surface area contributed by atoms with Crippen LogP contribution in [-0.2, 0) is 42.4 Å². The second-order valence-corrected chi connectivity index (χ2v) is 14.4. The Morgan fingerprint density at radius 1 is 0.538 bits per heavy atom. The third-order valence-electron chi connectivity index (χ3n) is 9.44. The summed E-state index contributed by atoms with van der Waals surface area (Å²) in [5.41, 5.74) is 5.92. The van der Waals surface area contributed by atoms with Gasteiger partial charge in [0.15, 0.2) is 12.4 Å². The van der Waals surface area contributed by atoms with Gasteiger partial charge in [0.25, 0.3) is 10.1 Å². The highest BCUT2D eigenvalue weighted by Gasteiger charge is 2.23. The predicted molar refractivity (Wildman–Crippen MR) is 196 cm³/mol. The molecular weight excluding hydrogens is 679 g/mol. The molecule has 0 unspecified atom stereocenters. The van der Waals surface area contributed by atoms with Gasteiger partial charge in [0.2, 0.25) is 5.69 Å². The maximum Gasteiger partial charge on any atom is 0.294 e. The van der Waals surface area contributed by atoms with Crippen molar-refractivity contribution in [1.82, 2.24) is 0 Å². The van der Waals surface area contributed by atoms with Crippen LogP contribution in [0.15, 0.2) is 114 Å². The second-order valence-electron chi connectivity index (χ2n) is 13.0. The van der Waals surface area contributed by atoms with Crippen LogP contribution in [-0.4, -0.2) is 38.5 Å². The second kappa shape index (κ2) is 14.0. The van der Waals surface area contributed by atoms with E-state index < -0.39 is 15.0 Å². The third-order valence-corrected chi connectivity index (χ3v) is 10.3. The van der Waals surface area contributed by atoms with E-state index in [1.54, 1.807) is 42.5 Å². The quantitative estimate of drug-likeness (QED) is 0.0887. The highest BCUT2D eigenvalue weighted by molar-refractivity contribution is 7.85. The first-order valence-electron chi connectivity index (χ1n) is 16.6. The normalized spacial score (nSPS) is 13.0. The van der Waals surface area contributed by atoms with Gasteiger partial charge in [0, 0.05) is 61.1 Å². The lowest BCUT2D eigenvalue weighted by Gasteiger charge is -2.19. The Hall–Kier alpha value is -5.94. The van der Waals surface area contributed by atoms with Crippen LogP contribution < -0.4 is 4.57 Å². The summed E-state index contributed by atoms with van der Waals surface area (Å²) in [6.07, 6.45) is 7.67. The molecule has 0 spiro atoms. The van der Waals surface area contributed by atoms with Crippen LogP contribution in [0.1, 0.15) is 61.2 Å². The summed E-state index contributed by atoms with van der Waals surface area (Å²) in [6, 6.07) is 28.1. The van der Waals surface area contributed by atoms with E-state index in [2.05, 4.69) is 0 Å². The zero-order valence-electron chi connectivity index (χ0n) is 27.9. The SMILES string of the molecule is O=S(=O)(O)c1cc2c(O)c(c1)Cc1cc(CO)cc(c1O)Cc1cccc(c1O)Cc1cc(/C=C/c3cc[n+](-c4ccccc4)cc3)cc(c1O)C2. The van der Waals surface area contributed by atoms with Gasteiger partial charge in [-0.25, -0.2) is 0 Å². The smallest absolute Gasteiger partial charge is 0.294 e. The maximum atomic E-state index is 12.4. The monoisotopic (exact) mass is 714 g/mol. The molecule has 1 aromatic heterocycles. The van der Waals surface area contributed by atoms with Crippen LogP contribution in [0.4, 0.5) is 0 Å². The minimum absolute atomic E-state index is 0.00325. The molecule has 6 N–H and O–H groups in total. The standard InChI is InChI=1S/C42H35NO8S/c44-25-28-17-33-20-30-6-4-5-29(39(30)45)19-31-15-27(10-9-26-11-13-43(14-12-26)37-7-2-1-3-8-37)16-32(40(31)46)21-35-23-38(52(49,50)51)24-36(42(35)48)22-34(18-28)41(33)47/h1-18,23-24,44H,19-22,25H2,(H4,45,47,48,49,50,51)/p+1. The number of aromatic hydroxyl groups is 4. The summed E-state index contributed by atoms with van der Waals surface area (Å²) in [5, 5.41) is 56.1. The van der Waals surface area contributed by atoms with Crippen LogP contribution in [0, 0.1) is 0 Å². The maximum absolute atomic E-state index is 12.4. The van der Waals surface area contributed by atoms with E-state index in [1.165, 1.54) is 0 Å². The molecule has 0 saturated carbocycles. The molecular formula is C42H36NO8S+. The average Bonchev–Trinajstić information content (AvgIpc) is 3.13. The highest BCUT2D eigenvalue weighted by atomic mass is 32.2. The molecule has 0 aliphatic heterocycles. The number of benzene rings is 5. The van der Waals surface area contributed by atoms with Crippen molar-refractivity contribution in [1.29, 1.82) is 0 Å². The molecule has 1 aliphatic rings. The number of pyridine rings is 1. The zero-order valence-corrected chi connectivity index (χ0v) is 28.8. The lowest BCUT2D eigenvalue weighted by Crippen LogP contribution is -2.28. The summed E-state index contributed by atoms with van der Waals surface area (Å²) in [5.74, 6) is -0.495. The van der Waals surface area contributed by atoms with Crippen LogP contribution >= 0.6 is 0 Å². The molecule has 1 aliphatic carbocycles. The van der Waals surface area contributed by atoms with Gasteiger partial charge in [0.05, 0.1) is 11.5 Å². The molecule has 0 fully saturated rings. The Bertz CT molecular complexity index is 2460. The van der Waals surface area contributed by atoms with E-state index >= 15 is 0 Å². The molecule has 6 aromatic rings. The number of hydrogen-bond acceptors (Lipinski definition) is 7. The van der Waals surface area contributed by atoms with E-state index in [4.69, 9.17) is 0 Å². The fourth-order valence-electron chi connectivity index (χ4n) is 6.76. The van der Waals surface area contributed by atoms with Crippen molar-refractivity contribution in [2.24, 2.45) is 0 Å². The Kier molecular flexibility index (Phi) is 9.29. The van der Waals surface area contributed by atoms with Gasteiger partial charge >= 0.3 is 0 Å². The van der Waals surface area contributed by atoms with Crippen LogP contribution in [0.2, 0.25) is 0 Å². The van der Waals surface area contributed by atoms with Crippen LogP contribution in [0.5, 0.6) is 23.0 Å². The van der Waals surface area contributed by atoms with Crippen molar-refractivity contribution in [3.63, 3.8) is 0 Å². The van der Waals surface area contributed by atoms with Gasteiger partial charge in [0.1, 0.15) is 23.0 Å². The van der Waals surface area contributed by atoms with Gasteiger partial charge in [-0.15, -0.1) is 0 Å². The van der Waals surface area contributed by atoms with Gasteiger partial charge in [-0.1, -0.05) is 48.6 Å². The summed E-state index contributed by atoms with van der Waals surface area (Å²) in [6.45, 7) is -0.350. The first-order valence-corrected chi connectivity index (χ1v) is 18.1. The topological polar surface area (TPSA) is 159 Å². The first-order chi connectivity index (χ1) is 25.0. The number of phenolic OH excluding ortho intramolecular Hbond substituents is 4. The number of para-hydroxylation sites is 2. The molecule has 52 heavy (non-hydrogen) atoms. The summed E-state index contributed by atoms with van der Waals surface area (Å²) < 4.78 is 37.0. The predicted octanol–water partition coefficient (Wildman–Crippen LogP) is 6.37. The fraction of sp³-hybridized carbons (Fsp3) is 0.119. The lowest BCUT2D eigenvalue weighted by atomic mass is 9.90. The molecule has 10 heteroatoms. The number of fused-ring (bicyclic) bond motifs is 8. The summed E-state index contributed by atoms with van der Waals surface area (Å²) in [7, 11) is -4.73. The Morgan fingerprint density at radius 3 is 1.48 bits per heavy atom. The highest BCUT2D eigenvalue weighted by Crippen LogP contribution is 2.39. The van der Waals surface area contributed by atoms with Crippen molar-refractivity contribution in [3.8, 4) is 28.7 Å². The number of rotatable bonds is 5. The minimum atomic E-state index is -4.73. The molecule has 9 nitrogen and oxygen atoms in total. The van der Waals surface area contributed by atoms with Crippen LogP contribution in [0.25, 0.3) is 17.8 Å². The number of aliphatic hydroxyl groups is 1. The molecule has 0 atom stereocenters. The first kappa shape index (κ1) is 34.5. The van der Waals surface area contributed by atoms with E-state index in [0.29, 0.717) is 44.5 Å². The minimum Gasteiger partial charge on any atom is -0.507 e. The third kappa shape index (κ3) is 7.13. The number of nitrogens with zero attached hydrogens (tertiary/aromatic N) is 1. The number of aliphatic hydroxyl groups excluding tert-OH is 1. The van der Waals surface area contributed by atoms with Gasteiger partial charge in [-0.3, -0.25) is 4.55 Å². The number of hydrogen-bond donors (Lipinski definition) is 6. The molecule has 7 rings (SSSR count). The molecule has 5 aromatic carbocycles. The fourth-order valence-corrected chi connectivity index (χ4v) is 7.34. The van der Waals surface area contributed by atoms with Crippen molar-refractivity contribution >= 4 is 22.3 Å². The molecule has 0 amide bonds. The molecule has 8 bridgehead atoms. The zero-order chi connectivity index (χ0) is 36.6. The van der Waals surface area contributed by atoms with E-state index in [9.17, 15) is 38.5 Å². The van der Waals surface area contributed by atoms with E-state index in [0.717, 1.165) is 23.4 Å². The van der Waals surface area contributed by atoms with E-state index in [-0.39, 0.29) is 66.4 Å². The summed E-state index contributed by atoms with van der Waals surface area (Å²) in [4.78, 5) is -0.457. The average molecular weight is 715 g/mol. The number of aromatic nitrogens is 1. The molecule has 1 heterocycles. The van der Waals surface area contributed by atoms with Gasteiger partial charge in [-0.2, -0.15) is 13.0 Å². The van der Waals surface area contributed by atoms with Gasteiger partial charge in [-0.05, 0) is 86.5 Å². The van der Waals surface area contributed by atoms with Crippen molar-refractivity contribution in [2.75, 3.05) is 0 Å². The van der Waals surface area contributed by atoms with Gasteiger partial charge < -0.3 is 25.5 Å². The lowest BCUT2D eigenvalue weighted by molar-refractivity contribution is -0.595. The van der Waals surface area contributed by atoms with Crippen molar-refractivity contribution < 1.29 is 43.1 Å². The molecule has 0 saturated heterocycles. The van der Waals surface area contributed by atoms with Crippen LogP contribution in [0.3, 0.4) is 0 Å². The summed E-state index contributed by atoms with van der Waals surface area (Å²) >= 11 is 0. The Morgan fingerprint density at radius 2 is 0.981 bits per heavy atom.